The van der Waals surface area contributed by atoms with Gasteiger partial charge in [-0.1, -0.05) is 22.9 Å². The number of halogens is 1. The van der Waals surface area contributed by atoms with Crippen molar-refractivity contribution < 1.29 is 4.79 Å². The lowest BCUT2D eigenvalue weighted by molar-refractivity contribution is -0.136. The number of carbonyl (C=O) groups is 1. The van der Waals surface area contributed by atoms with Crippen molar-refractivity contribution in [1.82, 2.24) is 25.1 Å². The molecule has 6 nitrogen and oxygen atoms in total. The number of nitrogens with zero attached hydrogens (tertiary/aromatic N) is 5. The van der Waals surface area contributed by atoms with Crippen LogP contribution in [0.5, 0.6) is 0 Å². The maximum absolute atomic E-state index is 12.5. The monoisotopic (exact) mass is 377 g/mol. The van der Waals surface area contributed by atoms with Crippen molar-refractivity contribution in [2.75, 3.05) is 6.54 Å². The summed E-state index contributed by atoms with van der Waals surface area (Å²) in [4.78, 5) is 15.9. The maximum Gasteiger partial charge on any atom is 0.246 e. The number of carbonyl (C=O) groups excluding carboxylic acids is 1. The lowest BCUT2D eigenvalue weighted by Gasteiger charge is -2.35. The molecule has 0 bridgehead atoms. The molecule has 23 heavy (non-hydrogen) atoms. The van der Waals surface area contributed by atoms with Crippen LogP contribution in [0.3, 0.4) is 0 Å². The molecule has 0 aliphatic carbocycles. The van der Waals surface area contributed by atoms with E-state index in [0.717, 1.165) is 35.8 Å². The predicted molar refractivity (Wildman–Crippen MR) is 90.6 cm³/mol. The Kier molecular flexibility index (Phi) is 5.05. The van der Waals surface area contributed by atoms with E-state index in [2.05, 4.69) is 38.3 Å². The van der Waals surface area contributed by atoms with Crippen molar-refractivity contribution in [3.05, 3.63) is 28.7 Å². The zero-order valence-corrected chi connectivity index (χ0v) is 14.7. The normalized spacial score (nSPS) is 18.2. The van der Waals surface area contributed by atoms with E-state index in [1.165, 1.54) is 11.2 Å². The van der Waals surface area contributed by atoms with Crippen LogP contribution < -0.4 is 0 Å². The maximum atomic E-state index is 12.5. The van der Waals surface area contributed by atoms with E-state index in [0.29, 0.717) is 11.9 Å². The molecule has 1 aliphatic rings. The van der Waals surface area contributed by atoms with E-state index >= 15 is 0 Å². The van der Waals surface area contributed by atoms with Gasteiger partial charge in [0, 0.05) is 22.6 Å². The highest BCUT2D eigenvalue weighted by Crippen LogP contribution is 2.20. The number of piperidine rings is 1. The summed E-state index contributed by atoms with van der Waals surface area (Å²) in [5.41, 5.74) is 0.885. The van der Waals surface area contributed by atoms with Gasteiger partial charge in [0.1, 0.15) is 6.54 Å². The Balaban J connectivity index is 1.68. The van der Waals surface area contributed by atoms with E-state index in [9.17, 15) is 4.79 Å². The van der Waals surface area contributed by atoms with E-state index < -0.39 is 0 Å². The fourth-order valence-corrected chi connectivity index (χ4v) is 3.25. The second-order valence-electron chi connectivity index (χ2n) is 5.80. The smallest absolute Gasteiger partial charge is 0.246 e. The van der Waals surface area contributed by atoms with Crippen molar-refractivity contribution in [2.45, 2.75) is 45.2 Å². The Morgan fingerprint density at radius 3 is 2.83 bits per heavy atom. The molecular weight excluding hydrogens is 358 g/mol. The number of hydrogen-bond acceptors (Lipinski definition) is 4. The first kappa shape index (κ1) is 16.1. The third kappa shape index (κ3) is 3.77. The van der Waals surface area contributed by atoms with Gasteiger partial charge in [0.15, 0.2) is 0 Å². The summed E-state index contributed by atoms with van der Waals surface area (Å²) < 4.78 is 1.000. The minimum Gasteiger partial charge on any atom is -0.338 e. The molecule has 2 heterocycles. The summed E-state index contributed by atoms with van der Waals surface area (Å²) in [7, 11) is 0. The van der Waals surface area contributed by atoms with Crippen LogP contribution in [0.2, 0.25) is 0 Å². The molecule has 122 valence electrons. The Morgan fingerprint density at radius 2 is 2.09 bits per heavy atom. The second-order valence-corrected chi connectivity index (χ2v) is 6.71. The Morgan fingerprint density at radius 1 is 1.30 bits per heavy atom. The molecule has 0 saturated carbocycles. The van der Waals surface area contributed by atoms with Crippen molar-refractivity contribution in [3.8, 4) is 11.4 Å². The molecule has 0 radical (unpaired) electrons. The highest BCUT2D eigenvalue weighted by atomic mass is 79.9. The lowest BCUT2D eigenvalue weighted by Crippen LogP contribution is -2.45. The number of aromatic nitrogens is 4. The zero-order chi connectivity index (χ0) is 16.2. The van der Waals surface area contributed by atoms with Crippen LogP contribution in [-0.2, 0) is 11.3 Å². The first-order chi connectivity index (χ1) is 11.2. The number of tetrazole rings is 1. The van der Waals surface area contributed by atoms with Crippen LogP contribution >= 0.6 is 15.9 Å². The molecule has 1 aliphatic heterocycles. The summed E-state index contributed by atoms with van der Waals surface area (Å²) in [6.45, 7) is 3.13. The van der Waals surface area contributed by atoms with Gasteiger partial charge in [-0.15, -0.1) is 10.2 Å². The molecule has 0 N–H and O–H groups in total. The fourth-order valence-electron chi connectivity index (χ4n) is 2.99. The standard InChI is InChI=1S/C16H20BrN5O/c1-2-14-5-3-4-10-21(14)15(23)11-22-19-16(18-20-22)12-6-8-13(17)9-7-12/h6-9,14H,2-5,10-11H2,1H3. The average molecular weight is 378 g/mol. The van der Waals surface area contributed by atoms with Gasteiger partial charge in [-0.2, -0.15) is 4.80 Å². The van der Waals surface area contributed by atoms with Gasteiger partial charge in [0.2, 0.25) is 11.7 Å². The summed E-state index contributed by atoms with van der Waals surface area (Å²) in [5, 5.41) is 12.4. The zero-order valence-electron chi connectivity index (χ0n) is 13.2. The van der Waals surface area contributed by atoms with Crippen molar-refractivity contribution >= 4 is 21.8 Å². The third-order valence-electron chi connectivity index (χ3n) is 4.25. The molecule has 1 atom stereocenters. The minimum absolute atomic E-state index is 0.0799. The molecule has 2 aromatic rings. The van der Waals surface area contributed by atoms with Gasteiger partial charge in [0.05, 0.1) is 0 Å². The molecule has 3 rings (SSSR count). The molecule has 0 spiro atoms. The van der Waals surface area contributed by atoms with Crippen molar-refractivity contribution in [1.29, 1.82) is 0 Å². The first-order valence-corrected chi connectivity index (χ1v) is 8.80. The minimum atomic E-state index is 0.0799. The Bertz CT molecular complexity index is 669. The molecule has 1 saturated heterocycles. The summed E-state index contributed by atoms with van der Waals surface area (Å²) in [6, 6.07) is 8.06. The molecule has 1 unspecified atom stereocenters. The van der Waals surface area contributed by atoms with E-state index in [1.807, 2.05) is 29.2 Å². The number of rotatable bonds is 4. The fraction of sp³-hybridized carbons (Fsp3) is 0.500. The highest BCUT2D eigenvalue weighted by Gasteiger charge is 2.25. The first-order valence-electron chi connectivity index (χ1n) is 8.00. The van der Waals surface area contributed by atoms with Gasteiger partial charge < -0.3 is 4.90 Å². The van der Waals surface area contributed by atoms with Gasteiger partial charge in [-0.25, -0.2) is 0 Å². The van der Waals surface area contributed by atoms with Crippen LogP contribution in [0.1, 0.15) is 32.6 Å². The van der Waals surface area contributed by atoms with Crippen LogP contribution in [0.4, 0.5) is 0 Å². The van der Waals surface area contributed by atoms with Crippen molar-refractivity contribution in [3.63, 3.8) is 0 Å². The molecule has 1 aromatic heterocycles. The number of likely N-dealkylation sites (tertiary alicyclic amines) is 1. The topological polar surface area (TPSA) is 63.9 Å². The number of benzene rings is 1. The molecule has 1 amide bonds. The van der Waals surface area contributed by atoms with E-state index in [-0.39, 0.29) is 12.5 Å². The van der Waals surface area contributed by atoms with E-state index in [4.69, 9.17) is 0 Å². The van der Waals surface area contributed by atoms with Crippen LogP contribution in [0.15, 0.2) is 28.7 Å². The molecular formula is C16H20BrN5O. The quantitative estimate of drug-likeness (QED) is 0.821. The summed E-state index contributed by atoms with van der Waals surface area (Å²) >= 11 is 3.40. The van der Waals surface area contributed by atoms with Crippen LogP contribution in [-0.4, -0.2) is 43.6 Å². The predicted octanol–water partition coefficient (Wildman–Crippen LogP) is 2.89. The highest BCUT2D eigenvalue weighted by molar-refractivity contribution is 9.10. The largest absolute Gasteiger partial charge is 0.338 e. The van der Waals surface area contributed by atoms with Gasteiger partial charge in [-0.3, -0.25) is 4.79 Å². The van der Waals surface area contributed by atoms with Crippen LogP contribution in [0, 0.1) is 0 Å². The van der Waals surface area contributed by atoms with Gasteiger partial charge in [0.25, 0.3) is 0 Å². The number of hydrogen-bond donors (Lipinski definition) is 0. The molecule has 7 heteroatoms. The Hall–Kier alpha value is -1.76. The third-order valence-corrected chi connectivity index (χ3v) is 4.78. The van der Waals surface area contributed by atoms with Crippen molar-refractivity contribution in [2.24, 2.45) is 0 Å². The average Bonchev–Trinajstić information content (AvgIpc) is 3.04. The molecule has 1 aromatic carbocycles. The summed E-state index contributed by atoms with van der Waals surface area (Å²) in [6.07, 6.45) is 4.38. The lowest BCUT2D eigenvalue weighted by atomic mass is 10.00. The molecule has 1 fully saturated rings. The van der Waals surface area contributed by atoms with Gasteiger partial charge >= 0.3 is 0 Å². The Labute approximate surface area is 144 Å². The van der Waals surface area contributed by atoms with E-state index in [1.54, 1.807) is 0 Å². The number of amides is 1. The van der Waals surface area contributed by atoms with Gasteiger partial charge in [-0.05, 0) is 55.2 Å². The van der Waals surface area contributed by atoms with Crippen LogP contribution in [0.25, 0.3) is 11.4 Å². The summed E-state index contributed by atoms with van der Waals surface area (Å²) in [5.74, 6) is 0.618. The SMILES string of the molecule is CCC1CCCCN1C(=O)Cn1nnc(-c2ccc(Br)cc2)n1. The second kappa shape index (κ2) is 7.21.